The first-order chi connectivity index (χ1) is 10.0. The van der Waals surface area contributed by atoms with Crippen molar-refractivity contribution in [3.8, 4) is 0 Å². The Labute approximate surface area is 126 Å². The van der Waals surface area contributed by atoms with Gasteiger partial charge >= 0.3 is 6.03 Å². The summed E-state index contributed by atoms with van der Waals surface area (Å²) in [5.41, 5.74) is 11.0. The van der Waals surface area contributed by atoms with Crippen LogP contribution in [0.25, 0.3) is 0 Å². The fraction of sp³-hybridized carbons (Fsp3) is 0.857. The molecule has 2 rings (SSSR count). The maximum Gasteiger partial charge on any atom is 0.312 e. The number of piperidine rings is 2. The number of carbonyl (C=O) groups excluding carboxylic acids is 2. The van der Waals surface area contributed by atoms with Gasteiger partial charge in [0.05, 0.1) is 6.54 Å². The van der Waals surface area contributed by atoms with Crippen LogP contribution < -0.4 is 16.8 Å². The number of likely N-dealkylation sites (tertiary alicyclic amines) is 2. The second-order valence-electron chi connectivity index (χ2n) is 6.21. The predicted molar refractivity (Wildman–Crippen MR) is 80.5 cm³/mol. The molecule has 120 valence electrons. The smallest absolute Gasteiger partial charge is 0.312 e. The van der Waals surface area contributed by atoms with Crippen molar-refractivity contribution in [3.05, 3.63) is 0 Å². The predicted octanol–water partition coefficient (Wildman–Crippen LogP) is -0.684. The molecule has 1 unspecified atom stereocenters. The molecule has 0 saturated carbocycles. The summed E-state index contributed by atoms with van der Waals surface area (Å²) in [6, 6.07) is -0.210. The molecule has 21 heavy (non-hydrogen) atoms. The van der Waals surface area contributed by atoms with Crippen LogP contribution in [0.5, 0.6) is 0 Å². The van der Waals surface area contributed by atoms with Crippen LogP contribution in [0.4, 0.5) is 4.79 Å². The van der Waals surface area contributed by atoms with E-state index in [4.69, 9.17) is 11.5 Å². The van der Waals surface area contributed by atoms with Crippen molar-refractivity contribution < 1.29 is 9.59 Å². The van der Waals surface area contributed by atoms with Crippen LogP contribution in [-0.4, -0.2) is 67.0 Å². The lowest BCUT2D eigenvalue weighted by Crippen LogP contribution is -2.49. The lowest BCUT2D eigenvalue weighted by Gasteiger charge is -2.35. The SMILES string of the molecule is NC(=O)NCC1CCCN(C(=O)CN2CCC(N)CC2)C1. The monoisotopic (exact) mass is 297 g/mol. The summed E-state index contributed by atoms with van der Waals surface area (Å²) in [5.74, 6) is 0.499. The Morgan fingerprint density at radius 1 is 1.14 bits per heavy atom. The van der Waals surface area contributed by atoms with Gasteiger partial charge in [0.2, 0.25) is 5.91 Å². The van der Waals surface area contributed by atoms with Gasteiger partial charge in [0.15, 0.2) is 0 Å². The van der Waals surface area contributed by atoms with Crippen LogP contribution in [0.15, 0.2) is 0 Å². The van der Waals surface area contributed by atoms with Crippen LogP contribution in [0.1, 0.15) is 25.7 Å². The first-order valence-electron chi connectivity index (χ1n) is 7.83. The molecule has 0 aromatic rings. The molecule has 0 radical (unpaired) electrons. The summed E-state index contributed by atoms with van der Waals surface area (Å²) >= 11 is 0. The Morgan fingerprint density at radius 2 is 1.86 bits per heavy atom. The number of nitrogens with zero attached hydrogens (tertiary/aromatic N) is 2. The number of primary amides is 1. The quantitative estimate of drug-likeness (QED) is 0.639. The number of rotatable bonds is 4. The molecule has 2 heterocycles. The van der Waals surface area contributed by atoms with Crippen molar-refractivity contribution in [1.29, 1.82) is 0 Å². The van der Waals surface area contributed by atoms with E-state index in [-0.39, 0.29) is 11.9 Å². The van der Waals surface area contributed by atoms with E-state index in [2.05, 4.69) is 10.2 Å². The lowest BCUT2D eigenvalue weighted by molar-refractivity contribution is -0.134. The second kappa shape index (κ2) is 7.61. The van der Waals surface area contributed by atoms with Crippen LogP contribution in [-0.2, 0) is 4.79 Å². The molecule has 0 aromatic carbocycles. The molecule has 2 fully saturated rings. The molecule has 2 saturated heterocycles. The van der Waals surface area contributed by atoms with Crippen molar-refractivity contribution >= 4 is 11.9 Å². The van der Waals surface area contributed by atoms with Gasteiger partial charge in [0.25, 0.3) is 0 Å². The van der Waals surface area contributed by atoms with Crippen LogP contribution in [0, 0.1) is 5.92 Å². The molecule has 7 nitrogen and oxygen atoms in total. The topological polar surface area (TPSA) is 105 Å². The molecular formula is C14H27N5O2. The third-order valence-electron chi connectivity index (χ3n) is 4.43. The summed E-state index contributed by atoms with van der Waals surface area (Å²) in [6.07, 6.45) is 3.96. The van der Waals surface area contributed by atoms with Gasteiger partial charge in [0, 0.05) is 38.8 Å². The molecule has 0 aliphatic carbocycles. The number of nitrogens with two attached hydrogens (primary N) is 2. The van der Waals surface area contributed by atoms with E-state index in [1.807, 2.05) is 4.90 Å². The average molecular weight is 297 g/mol. The van der Waals surface area contributed by atoms with Gasteiger partial charge in [-0.05, 0) is 31.6 Å². The van der Waals surface area contributed by atoms with E-state index in [0.717, 1.165) is 45.3 Å². The largest absolute Gasteiger partial charge is 0.352 e. The minimum absolute atomic E-state index is 0.189. The normalized spacial score (nSPS) is 24.8. The molecule has 5 N–H and O–H groups in total. The van der Waals surface area contributed by atoms with Gasteiger partial charge in [-0.3, -0.25) is 9.69 Å². The maximum absolute atomic E-state index is 12.4. The van der Waals surface area contributed by atoms with Gasteiger partial charge in [-0.1, -0.05) is 0 Å². The summed E-state index contributed by atoms with van der Waals surface area (Å²) in [7, 11) is 0. The lowest BCUT2D eigenvalue weighted by atomic mass is 9.98. The van der Waals surface area contributed by atoms with Crippen molar-refractivity contribution in [3.63, 3.8) is 0 Å². The average Bonchev–Trinajstić information content (AvgIpc) is 2.48. The Balaban J connectivity index is 1.75. The highest BCUT2D eigenvalue weighted by Crippen LogP contribution is 2.16. The second-order valence-corrected chi connectivity index (χ2v) is 6.21. The standard InChI is InChI=1S/C14H27N5O2/c15-12-3-6-18(7-4-12)10-13(20)19-5-1-2-11(9-19)8-17-14(16)21/h11-12H,1-10,15H2,(H3,16,17,21). The van der Waals surface area contributed by atoms with Gasteiger partial charge in [-0.2, -0.15) is 0 Å². The van der Waals surface area contributed by atoms with Gasteiger partial charge in [-0.25, -0.2) is 4.79 Å². The summed E-state index contributed by atoms with van der Waals surface area (Å²) in [6.45, 7) is 4.40. The van der Waals surface area contributed by atoms with Crippen molar-refractivity contribution in [2.75, 3.05) is 39.3 Å². The third kappa shape index (κ3) is 5.17. The number of urea groups is 1. The molecule has 1 atom stereocenters. The fourth-order valence-corrected chi connectivity index (χ4v) is 3.11. The molecule has 0 aromatic heterocycles. The zero-order chi connectivity index (χ0) is 15.2. The third-order valence-corrected chi connectivity index (χ3v) is 4.43. The van der Waals surface area contributed by atoms with Crippen molar-refractivity contribution in [1.82, 2.24) is 15.1 Å². The summed E-state index contributed by atoms with van der Waals surface area (Å²) in [5, 5.41) is 2.64. The zero-order valence-electron chi connectivity index (χ0n) is 12.6. The highest BCUT2D eigenvalue weighted by molar-refractivity contribution is 5.78. The number of amides is 3. The fourth-order valence-electron chi connectivity index (χ4n) is 3.11. The van der Waals surface area contributed by atoms with E-state index in [1.54, 1.807) is 0 Å². The molecular weight excluding hydrogens is 270 g/mol. The van der Waals surface area contributed by atoms with Crippen molar-refractivity contribution in [2.45, 2.75) is 31.7 Å². The van der Waals surface area contributed by atoms with Crippen LogP contribution >= 0.6 is 0 Å². The Kier molecular flexibility index (Phi) is 5.81. The molecule has 2 aliphatic heterocycles. The van der Waals surface area contributed by atoms with Crippen molar-refractivity contribution in [2.24, 2.45) is 17.4 Å². The number of hydrogen-bond acceptors (Lipinski definition) is 4. The Morgan fingerprint density at radius 3 is 2.52 bits per heavy atom. The Hall–Kier alpha value is -1.34. The molecule has 3 amide bonds. The number of carbonyl (C=O) groups is 2. The molecule has 0 bridgehead atoms. The maximum atomic E-state index is 12.4. The number of nitrogens with one attached hydrogen (secondary N) is 1. The minimum Gasteiger partial charge on any atom is -0.352 e. The van der Waals surface area contributed by atoms with Gasteiger partial charge in [-0.15, -0.1) is 0 Å². The minimum atomic E-state index is -0.497. The molecule has 0 spiro atoms. The highest BCUT2D eigenvalue weighted by Gasteiger charge is 2.26. The Bertz CT molecular complexity index is 368. The van der Waals surface area contributed by atoms with Gasteiger partial charge in [0.1, 0.15) is 0 Å². The number of hydrogen-bond donors (Lipinski definition) is 3. The van der Waals surface area contributed by atoms with E-state index < -0.39 is 6.03 Å². The zero-order valence-corrected chi connectivity index (χ0v) is 12.6. The molecule has 7 heteroatoms. The van der Waals surface area contributed by atoms with E-state index >= 15 is 0 Å². The van der Waals surface area contributed by atoms with E-state index in [9.17, 15) is 9.59 Å². The van der Waals surface area contributed by atoms with Crippen LogP contribution in [0.2, 0.25) is 0 Å². The summed E-state index contributed by atoms with van der Waals surface area (Å²) in [4.78, 5) is 27.2. The van der Waals surface area contributed by atoms with E-state index in [0.29, 0.717) is 25.6 Å². The highest BCUT2D eigenvalue weighted by atomic mass is 16.2. The summed E-state index contributed by atoms with van der Waals surface area (Å²) < 4.78 is 0. The first-order valence-corrected chi connectivity index (χ1v) is 7.83. The first kappa shape index (κ1) is 16.0. The molecule has 2 aliphatic rings. The van der Waals surface area contributed by atoms with Crippen LogP contribution in [0.3, 0.4) is 0 Å². The van der Waals surface area contributed by atoms with E-state index in [1.165, 1.54) is 0 Å². The van der Waals surface area contributed by atoms with Gasteiger partial charge < -0.3 is 21.7 Å².